The Kier molecular flexibility index (Phi) is 3.69. The molecule has 2 fully saturated rings. The molecule has 2 saturated heterocycles. The Hall–Kier alpha value is -2.44. The molecule has 23 heavy (non-hydrogen) atoms. The van der Waals surface area contributed by atoms with Crippen molar-refractivity contribution in [2.75, 3.05) is 6.54 Å². The first kappa shape index (κ1) is 14.2. The van der Waals surface area contributed by atoms with Crippen LogP contribution >= 0.6 is 0 Å². The van der Waals surface area contributed by atoms with Gasteiger partial charge >= 0.3 is 0 Å². The molecule has 0 spiro atoms. The van der Waals surface area contributed by atoms with E-state index in [0.717, 1.165) is 17.9 Å². The molecule has 0 radical (unpaired) electrons. The molecule has 0 aliphatic carbocycles. The molecular formula is C17H18N4O2. The second-order valence-electron chi connectivity index (χ2n) is 5.89. The molecule has 1 aromatic carbocycles. The first-order valence-electron chi connectivity index (χ1n) is 7.76. The number of hydrogen-bond acceptors (Lipinski definition) is 5. The van der Waals surface area contributed by atoms with Gasteiger partial charge in [-0.15, -0.1) is 0 Å². The number of amides is 1. The number of rotatable bonds is 3. The molecule has 1 aromatic heterocycles. The summed E-state index contributed by atoms with van der Waals surface area (Å²) in [6.45, 7) is 0.831. The van der Waals surface area contributed by atoms with E-state index in [0.29, 0.717) is 18.2 Å². The third kappa shape index (κ3) is 2.91. The predicted octanol–water partition coefficient (Wildman–Crippen LogP) is 1.53. The van der Waals surface area contributed by atoms with Gasteiger partial charge in [-0.2, -0.15) is 0 Å². The average Bonchev–Trinajstić information content (AvgIpc) is 3.04. The van der Waals surface area contributed by atoms with Gasteiger partial charge < -0.3 is 10.1 Å². The Morgan fingerprint density at radius 2 is 2.00 bits per heavy atom. The van der Waals surface area contributed by atoms with Crippen LogP contribution in [0.2, 0.25) is 0 Å². The second kappa shape index (κ2) is 5.98. The highest BCUT2D eigenvalue weighted by atomic mass is 16.5. The van der Waals surface area contributed by atoms with Gasteiger partial charge in [-0.05, 0) is 17.7 Å². The van der Waals surface area contributed by atoms with Gasteiger partial charge in [-0.3, -0.25) is 10.2 Å². The third-order valence-electron chi connectivity index (χ3n) is 4.42. The van der Waals surface area contributed by atoms with Gasteiger partial charge in [0.05, 0.1) is 6.17 Å². The van der Waals surface area contributed by atoms with Crippen LogP contribution in [0.25, 0.3) is 0 Å². The molecule has 1 amide bonds. The van der Waals surface area contributed by atoms with E-state index in [1.54, 1.807) is 0 Å². The van der Waals surface area contributed by atoms with Crippen LogP contribution in [0.15, 0.2) is 48.7 Å². The predicted molar refractivity (Wildman–Crippen MR) is 84.7 cm³/mol. The number of hydrogen-bond donors (Lipinski definition) is 3. The molecule has 118 valence electrons. The number of aromatic nitrogens is 1. The van der Waals surface area contributed by atoms with Crippen molar-refractivity contribution in [3.63, 3.8) is 0 Å². The molecule has 4 rings (SSSR count). The Labute approximate surface area is 134 Å². The SMILES string of the molecule is O=C1CC(c2ccc(Oc3ccccc3)nc2)C2CNNC2N1. The van der Waals surface area contributed by atoms with Gasteiger partial charge in [0.1, 0.15) is 5.75 Å². The van der Waals surface area contributed by atoms with Gasteiger partial charge in [-0.25, -0.2) is 10.4 Å². The molecule has 2 aliphatic heterocycles. The van der Waals surface area contributed by atoms with Gasteiger partial charge in [0.15, 0.2) is 0 Å². The number of piperidine rings is 1. The highest BCUT2D eigenvalue weighted by Crippen LogP contribution is 2.34. The van der Waals surface area contributed by atoms with Crippen molar-refractivity contribution in [3.8, 4) is 11.6 Å². The summed E-state index contributed by atoms with van der Waals surface area (Å²) in [5.41, 5.74) is 7.29. The molecule has 3 heterocycles. The average molecular weight is 310 g/mol. The number of benzene rings is 1. The minimum Gasteiger partial charge on any atom is -0.439 e. The van der Waals surface area contributed by atoms with Crippen molar-refractivity contribution in [2.45, 2.75) is 18.5 Å². The fourth-order valence-corrected chi connectivity index (χ4v) is 3.26. The maximum absolute atomic E-state index is 11.9. The maximum atomic E-state index is 11.9. The normalized spacial score (nSPS) is 26.4. The fourth-order valence-electron chi connectivity index (χ4n) is 3.26. The molecule has 0 saturated carbocycles. The number of nitrogens with one attached hydrogen (secondary N) is 3. The van der Waals surface area contributed by atoms with Gasteiger partial charge in [0.2, 0.25) is 11.8 Å². The number of ether oxygens (including phenoxy) is 1. The lowest BCUT2D eigenvalue weighted by Gasteiger charge is -2.33. The minimum atomic E-state index is -0.0125. The van der Waals surface area contributed by atoms with Crippen LogP contribution in [0.5, 0.6) is 11.6 Å². The van der Waals surface area contributed by atoms with E-state index < -0.39 is 0 Å². The Balaban J connectivity index is 1.52. The van der Waals surface area contributed by atoms with Crippen molar-refractivity contribution >= 4 is 5.91 Å². The number of para-hydroxylation sites is 1. The van der Waals surface area contributed by atoms with E-state index in [1.807, 2.05) is 48.7 Å². The third-order valence-corrected chi connectivity index (χ3v) is 4.42. The topological polar surface area (TPSA) is 75.3 Å². The van der Waals surface area contributed by atoms with Crippen LogP contribution in [0, 0.1) is 5.92 Å². The van der Waals surface area contributed by atoms with Gasteiger partial charge in [0.25, 0.3) is 0 Å². The lowest BCUT2D eigenvalue weighted by Crippen LogP contribution is -2.52. The standard InChI is InChI=1S/C17H18N4O2/c22-15-8-13(14-10-19-21-17(14)20-15)11-6-7-16(18-9-11)23-12-4-2-1-3-5-12/h1-7,9,13-14,17,19,21H,8,10H2,(H,20,22). The summed E-state index contributed by atoms with van der Waals surface area (Å²) in [4.78, 5) is 16.3. The zero-order valence-electron chi connectivity index (χ0n) is 12.5. The van der Waals surface area contributed by atoms with E-state index in [9.17, 15) is 4.79 Å². The molecule has 3 atom stereocenters. The zero-order chi connectivity index (χ0) is 15.6. The van der Waals surface area contributed by atoms with Crippen LogP contribution in [-0.2, 0) is 4.79 Å². The Morgan fingerprint density at radius 1 is 1.13 bits per heavy atom. The molecule has 2 aromatic rings. The van der Waals surface area contributed by atoms with E-state index in [2.05, 4.69) is 21.2 Å². The van der Waals surface area contributed by atoms with Crippen molar-refractivity contribution in [3.05, 3.63) is 54.2 Å². The van der Waals surface area contributed by atoms with E-state index in [-0.39, 0.29) is 18.0 Å². The summed E-state index contributed by atoms with van der Waals surface area (Å²) in [6.07, 6.45) is 2.30. The summed E-state index contributed by atoms with van der Waals surface area (Å²) < 4.78 is 5.71. The lowest BCUT2D eigenvalue weighted by atomic mass is 9.80. The monoisotopic (exact) mass is 310 g/mol. The molecule has 3 unspecified atom stereocenters. The van der Waals surface area contributed by atoms with Crippen LogP contribution in [0.1, 0.15) is 17.9 Å². The summed E-state index contributed by atoms with van der Waals surface area (Å²) in [5, 5.41) is 2.96. The van der Waals surface area contributed by atoms with Crippen LogP contribution in [0.3, 0.4) is 0 Å². The number of pyridine rings is 1. The van der Waals surface area contributed by atoms with E-state index in [1.165, 1.54) is 0 Å². The first-order chi connectivity index (χ1) is 11.3. The molecule has 2 aliphatic rings. The number of carbonyl (C=O) groups excluding carboxylic acids is 1. The number of hydrazine groups is 1. The highest BCUT2D eigenvalue weighted by Gasteiger charge is 2.40. The Morgan fingerprint density at radius 3 is 2.78 bits per heavy atom. The van der Waals surface area contributed by atoms with Crippen LogP contribution in [0.4, 0.5) is 0 Å². The summed E-state index contributed by atoms with van der Waals surface area (Å²) in [5.74, 6) is 1.87. The van der Waals surface area contributed by atoms with Crippen molar-refractivity contribution in [2.24, 2.45) is 5.92 Å². The fraction of sp³-hybridized carbons (Fsp3) is 0.294. The van der Waals surface area contributed by atoms with E-state index >= 15 is 0 Å². The second-order valence-corrected chi connectivity index (χ2v) is 5.89. The van der Waals surface area contributed by atoms with Crippen LogP contribution < -0.4 is 20.9 Å². The molecular weight excluding hydrogens is 292 g/mol. The Bertz CT molecular complexity index is 689. The molecule has 0 bridgehead atoms. The van der Waals surface area contributed by atoms with Gasteiger partial charge in [-0.1, -0.05) is 24.3 Å². The summed E-state index contributed by atoms with van der Waals surface area (Å²) >= 11 is 0. The van der Waals surface area contributed by atoms with Crippen molar-refractivity contribution < 1.29 is 9.53 Å². The number of fused-ring (bicyclic) bond motifs is 1. The highest BCUT2D eigenvalue weighted by molar-refractivity contribution is 5.78. The van der Waals surface area contributed by atoms with Gasteiger partial charge in [0, 0.05) is 37.1 Å². The van der Waals surface area contributed by atoms with E-state index in [4.69, 9.17) is 4.74 Å². The minimum absolute atomic E-state index is 0.0125. The quantitative estimate of drug-likeness (QED) is 0.801. The molecule has 6 nitrogen and oxygen atoms in total. The number of carbonyl (C=O) groups is 1. The van der Waals surface area contributed by atoms with Crippen molar-refractivity contribution in [1.29, 1.82) is 0 Å². The largest absolute Gasteiger partial charge is 0.439 e. The zero-order valence-corrected chi connectivity index (χ0v) is 12.5. The van der Waals surface area contributed by atoms with Crippen LogP contribution in [-0.4, -0.2) is 23.6 Å². The summed E-state index contributed by atoms with van der Waals surface area (Å²) in [6, 6.07) is 13.4. The molecule has 6 heteroatoms. The lowest BCUT2D eigenvalue weighted by molar-refractivity contribution is -0.124. The first-order valence-corrected chi connectivity index (χ1v) is 7.76. The maximum Gasteiger partial charge on any atom is 0.221 e. The number of nitrogens with zero attached hydrogens (tertiary/aromatic N) is 1. The van der Waals surface area contributed by atoms with Crippen molar-refractivity contribution in [1.82, 2.24) is 21.2 Å². The molecule has 3 N–H and O–H groups in total. The summed E-state index contributed by atoms with van der Waals surface area (Å²) in [7, 11) is 0. The smallest absolute Gasteiger partial charge is 0.221 e.